The van der Waals surface area contributed by atoms with Gasteiger partial charge in [-0.15, -0.1) is 0 Å². The summed E-state index contributed by atoms with van der Waals surface area (Å²) in [5.41, 5.74) is 0.531. The molecule has 0 radical (unpaired) electrons. The molecule has 0 aliphatic rings. The van der Waals surface area contributed by atoms with Gasteiger partial charge in [0.25, 0.3) is 0 Å². The van der Waals surface area contributed by atoms with E-state index in [4.69, 9.17) is 0 Å². The van der Waals surface area contributed by atoms with Crippen molar-refractivity contribution >= 4 is 5.65 Å². The van der Waals surface area contributed by atoms with Crippen LogP contribution in [0.25, 0.3) is 5.65 Å². The minimum atomic E-state index is 0.176. The fraction of sp³-hybridized carbons (Fsp3) is 0.400. The zero-order valence-electron chi connectivity index (χ0n) is 8.31. The number of rotatable bonds is 2. The largest absolute Gasteiger partial charge is 0.504 e. The summed E-state index contributed by atoms with van der Waals surface area (Å²) in [4.78, 5) is 4.25. The molecule has 0 amide bonds. The smallest absolute Gasteiger partial charge is 0.197 e. The number of aromatic hydroxyl groups is 1. The van der Waals surface area contributed by atoms with Crippen LogP contribution < -0.4 is 0 Å². The molecule has 0 aromatic carbocycles. The summed E-state index contributed by atoms with van der Waals surface area (Å²) in [7, 11) is 0. The van der Waals surface area contributed by atoms with Gasteiger partial charge in [0.1, 0.15) is 0 Å². The number of hydrogen-bond donors (Lipinski definition) is 1. The molecule has 2 aromatic rings. The minimum Gasteiger partial charge on any atom is -0.504 e. The second-order valence-electron chi connectivity index (χ2n) is 3.79. The van der Waals surface area contributed by atoms with E-state index in [-0.39, 0.29) is 5.75 Å². The van der Waals surface area contributed by atoms with E-state index in [9.17, 15) is 5.11 Å². The zero-order chi connectivity index (χ0) is 10.1. The first-order valence-corrected chi connectivity index (χ1v) is 4.70. The van der Waals surface area contributed by atoms with Crippen molar-refractivity contribution in [3.8, 4) is 5.75 Å². The van der Waals surface area contributed by atoms with E-state index in [0.717, 1.165) is 12.2 Å². The molecule has 0 unspecified atom stereocenters. The van der Waals surface area contributed by atoms with Crippen molar-refractivity contribution in [3.63, 3.8) is 0 Å². The Balaban J connectivity index is 2.46. The third-order valence-corrected chi connectivity index (χ3v) is 1.98. The molecule has 0 saturated heterocycles. The number of nitrogens with zero attached hydrogens (tertiary/aromatic N) is 3. The third-order valence-electron chi connectivity index (χ3n) is 1.98. The lowest BCUT2D eigenvalue weighted by Gasteiger charge is -1.96. The summed E-state index contributed by atoms with van der Waals surface area (Å²) in [5.74, 6) is 1.48. The fourth-order valence-corrected chi connectivity index (χ4v) is 1.39. The van der Waals surface area contributed by atoms with Crippen molar-refractivity contribution in [2.75, 3.05) is 0 Å². The predicted octanol–water partition coefficient (Wildman–Crippen LogP) is 1.63. The standard InChI is InChI=1S/C10H13N3O/c1-7(2)6-9-11-10-8(14)4-3-5-13(10)12-9/h3-5,7,14H,6H2,1-2H3. The average molecular weight is 191 g/mol. The lowest BCUT2D eigenvalue weighted by atomic mass is 10.1. The maximum atomic E-state index is 9.50. The zero-order valence-corrected chi connectivity index (χ0v) is 8.31. The van der Waals surface area contributed by atoms with Crippen molar-refractivity contribution in [1.29, 1.82) is 0 Å². The molecule has 0 fully saturated rings. The Hall–Kier alpha value is -1.58. The number of fused-ring (bicyclic) bond motifs is 1. The van der Waals surface area contributed by atoms with Gasteiger partial charge in [0.2, 0.25) is 0 Å². The Bertz CT molecular complexity index is 448. The fourth-order valence-electron chi connectivity index (χ4n) is 1.39. The molecule has 4 nitrogen and oxygen atoms in total. The van der Waals surface area contributed by atoms with Gasteiger partial charge < -0.3 is 5.11 Å². The Labute approximate surface area is 82.2 Å². The van der Waals surface area contributed by atoms with Crippen LogP contribution in [0.3, 0.4) is 0 Å². The van der Waals surface area contributed by atoms with Gasteiger partial charge in [-0.3, -0.25) is 0 Å². The van der Waals surface area contributed by atoms with Crippen molar-refractivity contribution < 1.29 is 5.11 Å². The van der Waals surface area contributed by atoms with E-state index in [1.165, 1.54) is 0 Å². The van der Waals surface area contributed by atoms with Crippen molar-refractivity contribution in [2.24, 2.45) is 5.92 Å². The Morgan fingerprint density at radius 2 is 2.29 bits per heavy atom. The van der Waals surface area contributed by atoms with Crippen LogP contribution in [0.1, 0.15) is 19.7 Å². The van der Waals surface area contributed by atoms with E-state index >= 15 is 0 Å². The lowest BCUT2D eigenvalue weighted by Crippen LogP contribution is -1.96. The highest BCUT2D eigenvalue weighted by Gasteiger charge is 2.07. The first-order valence-electron chi connectivity index (χ1n) is 4.70. The van der Waals surface area contributed by atoms with Crippen LogP contribution in [0, 0.1) is 5.92 Å². The second kappa shape index (κ2) is 3.29. The van der Waals surface area contributed by atoms with Crippen LogP contribution in [0.15, 0.2) is 18.3 Å². The van der Waals surface area contributed by atoms with Gasteiger partial charge in [-0.2, -0.15) is 5.10 Å². The minimum absolute atomic E-state index is 0.176. The SMILES string of the molecule is CC(C)Cc1nc2c(O)cccn2n1. The summed E-state index contributed by atoms with van der Waals surface area (Å²) in [6.45, 7) is 4.23. The maximum absolute atomic E-state index is 9.50. The van der Waals surface area contributed by atoms with Crippen molar-refractivity contribution in [3.05, 3.63) is 24.2 Å². The molecule has 0 saturated carbocycles. The first kappa shape index (κ1) is 8.99. The molecule has 0 aliphatic heterocycles. The normalized spacial score (nSPS) is 11.4. The second-order valence-corrected chi connectivity index (χ2v) is 3.79. The molecule has 74 valence electrons. The molecular formula is C10H13N3O. The van der Waals surface area contributed by atoms with Gasteiger partial charge >= 0.3 is 0 Å². The Kier molecular flexibility index (Phi) is 2.11. The molecular weight excluding hydrogens is 178 g/mol. The molecule has 2 heterocycles. The molecule has 2 aromatic heterocycles. The number of pyridine rings is 1. The van der Waals surface area contributed by atoms with E-state index in [0.29, 0.717) is 11.6 Å². The first-order chi connectivity index (χ1) is 6.66. The molecule has 4 heteroatoms. The predicted molar refractivity (Wildman–Crippen MR) is 53.2 cm³/mol. The third kappa shape index (κ3) is 1.55. The quantitative estimate of drug-likeness (QED) is 0.785. The molecule has 0 spiro atoms. The van der Waals surface area contributed by atoms with Crippen LogP contribution in [0.2, 0.25) is 0 Å². The molecule has 14 heavy (non-hydrogen) atoms. The van der Waals surface area contributed by atoms with Crippen LogP contribution in [0.4, 0.5) is 0 Å². The van der Waals surface area contributed by atoms with E-state index < -0.39 is 0 Å². The van der Waals surface area contributed by atoms with Gasteiger partial charge in [0.15, 0.2) is 17.2 Å². The van der Waals surface area contributed by atoms with Crippen molar-refractivity contribution in [2.45, 2.75) is 20.3 Å². The Morgan fingerprint density at radius 3 is 2.93 bits per heavy atom. The van der Waals surface area contributed by atoms with E-state index in [2.05, 4.69) is 23.9 Å². The molecule has 1 N–H and O–H groups in total. The highest BCUT2D eigenvalue weighted by molar-refractivity contribution is 5.51. The summed E-state index contributed by atoms with van der Waals surface area (Å²) in [5, 5.41) is 13.8. The van der Waals surface area contributed by atoms with E-state index in [1.807, 2.05) is 0 Å². The van der Waals surface area contributed by atoms with Gasteiger partial charge in [-0.05, 0) is 18.1 Å². The molecule has 0 aliphatic carbocycles. The van der Waals surface area contributed by atoms with Gasteiger partial charge in [0, 0.05) is 12.6 Å². The maximum Gasteiger partial charge on any atom is 0.197 e. The highest BCUT2D eigenvalue weighted by atomic mass is 16.3. The van der Waals surface area contributed by atoms with Crippen LogP contribution in [-0.4, -0.2) is 19.7 Å². The molecule has 0 atom stereocenters. The van der Waals surface area contributed by atoms with Crippen LogP contribution in [-0.2, 0) is 6.42 Å². The van der Waals surface area contributed by atoms with Gasteiger partial charge in [-0.25, -0.2) is 9.50 Å². The highest BCUT2D eigenvalue weighted by Crippen LogP contribution is 2.15. The Morgan fingerprint density at radius 1 is 1.50 bits per heavy atom. The number of aromatic nitrogens is 3. The van der Waals surface area contributed by atoms with E-state index in [1.54, 1.807) is 22.8 Å². The summed E-state index contributed by atoms with van der Waals surface area (Å²) >= 11 is 0. The summed E-state index contributed by atoms with van der Waals surface area (Å²) in [6, 6.07) is 3.36. The average Bonchev–Trinajstić information content (AvgIpc) is 2.47. The summed E-state index contributed by atoms with van der Waals surface area (Å²) in [6.07, 6.45) is 2.62. The van der Waals surface area contributed by atoms with Crippen LogP contribution in [0.5, 0.6) is 5.75 Å². The lowest BCUT2D eigenvalue weighted by molar-refractivity contribution is 0.477. The van der Waals surface area contributed by atoms with Crippen molar-refractivity contribution in [1.82, 2.24) is 14.6 Å². The topological polar surface area (TPSA) is 50.4 Å². The van der Waals surface area contributed by atoms with Gasteiger partial charge in [-0.1, -0.05) is 13.8 Å². The van der Waals surface area contributed by atoms with Gasteiger partial charge in [0.05, 0.1) is 0 Å². The molecule has 2 rings (SSSR count). The number of hydrogen-bond acceptors (Lipinski definition) is 3. The van der Waals surface area contributed by atoms with Crippen LogP contribution >= 0.6 is 0 Å². The monoisotopic (exact) mass is 191 g/mol. The molecule has 0 bridgehead atoms. The summed E-state index contributed by atoms with van der Waals surface area (Å²) < 4.78 is 1.60.